The third kappa shape index (κ3) is 3.62. The Bertz CT molecular complexity index is 567. The topological polar surface area (TPSA) is 21.3 Å². The van der Waals surface area contributed by atoms with E-state index in [0.717, 1.165) is 23.2 Å². The maximum absolute atomic E-state index is 5.28. The van der Waals surface area contributed by atoms with Gasteiger partial charge in [-0.2, -0.15) is 11.3 Å². The SMILES string of the molecule is CCNC(Cc1ccc(OC)c(Br)c1)c1cscc1C. The molecule has 0 saturated heterocycles. The maximum atomic E-state index is 5.28. The number of hydrogen-bond acceptors (Lipinski definition) is 3. The van der Waals surface area contributed by atoms with E-state index in [9.17, 15) is 0 Å². The molecule has 1 atom stereocenters. The van der Waals surface area contributed by atoms with Crippen molar-refractivity contribution in [2.45, 2.75) is 26.3 Å². The molecule has 0 aliphatic heterocycles. The Morgan fingerprint density at radius 1 is 1.35 bits per heavy atom. The van der Waals surface area contributed by atoms with Gasteiger partial charge in [0.15, 0.2) is 0 Å². The predicted octanol–water partition coefficient (Wildman–Crippen LogP) is 4.72. The second-order valence-electron chi connectivity index (χ2n) is 4.79. The molecular weight excluding hydrogens is 334 g/mol. The lowest BCUT2D eigenvalue weighted by molar-refractivity contribution is 0.412. The number of methoxy groups -OCH3 is 1. The lowest BCUT2D eigenvalue weighted by Crippen LogP contribution is -2.23. The summed E-state index contributed by atoms with van der Waals surface area (Å²) >= 11 is 5.33. The average Bonchev–Trinajstić information content (AvgIpc) is 2.85. The van der Waals surface area contributed by atoms with Gasteiger partial charge in [-0.05, 0) is 75.4 Å². The summed E-state index contributed by atoms with van der Waals surface area (Å²) in [5.41, 5.74) is 4.08. The number of rotatable bonds is 6. The van der Waals surface area contributed by atoms with Crippen molar-refractivity contribution in [3.05, 3.63) is 50.1 Å². The Morgan fingerprint density at radius 3 is 2.70 bits per heavy atom. The highest BCUT2D eigenvalue weighted by molar-refractivity contribution is 9.10. The molecule has 0 aliphatic rings. The van der Waals surface area contributed by atoms with Gasteiger partial charge >= 0.3 is 0 Å². The van der Waals surface area contributed by atoms with Crippen molar-refractivity contribution in [3.63, 3.8) is 0 Å². The summed E-state index contributed by atoms with van der Waals surface area (Å²) < 4.78 is 6.29. The van der Waals surface area contributed by atoms with Crippen LogP contribution in [0.5, 0.6) is 5.75 Å². The predicted molar refractivity (Wildman–Crippen MR) is 89.9 cm³/mol. The van der Waals surface area contributed by atoms with Crippen molar-refractivity contribution in [1.29, 1.82) is 0 Å². The summed E-state index contributed by atoms with van der Waals surface area (Å²) in [6.07, 6.45) is 0.980. The zero-order chi connectivity index (χ0) is 14.5. The van der Waals surface area contributed by atoms with Crippen LogP contribution in [0.4, 0.5) is 0 Å². The first-order chi connectivity index (χ1) is 9.65. The van der Waals surface area contributed by atoms with Gasteiger partial charge in [0, 0.05) is 6.04 Å². The van der Waals surface area contributed by atoms with Crippen LogP contribution in [0.15, 0.2) is 33.4 Å². The van der Waals surface area contributed by atoms with Gasteiger partial charge in [0.05, 0.1) is 11.6 Å². The van der Waals surface area contributed by atoms with Crippen molar-refractivity contribution < 1.29 is 4.74 Å². The zero-order valence-electron chi connectivity index (χ0n) is 12.1. The molecule has 0 aliphatic carbocycles. The maximum Gasteiger partial charge on any atom is 0.133 e. The Balaban J connectivity index is 2.20. The molecule has 4 heteroatoms. The second-order valence-corrected chi connectivity index (χ2v) is 6.39. The Kier molecular flexibility index (Phi) is 5.64. The summed E-state index contributed by atoms with van der Waals surface area (Å²) in [6.45, 7) is 5.30. The second kappa shape index (κ2) is 7.25. The molecule has 2 nitrogen and oxygen atoms in total. The molecule has 1 aromatic heterocycles. The van der Waals surface area contributed by atoms with E-state index in [2.05, 4.69) is 58.0 Å². The van der Waals surface area contributed by atoms with E-state index in [0.29, 0.717) is 6.04 Å². The highest BCUT2D eigenvalue weighted by atomic mass is 79.9. The molecule has 0 fully saturated rings. The van der Waals surface area contributed by atoms with Crippen LogP contribution in [-0.4, -0.2) is 13.7 Å². The van der Waals surface area contributed by atoms with Gasteiger partial charge in [0.2, 0.25) is 0 Å². The molecule has 108 valence electrons. The molecule has 2 aromatic rings. The summed E-state index contributed by atoms with van der Waals surface area (Å²) in [7, 11) is 1.69. The van der Waals surface area contributed by atoms with Crippen LogP contribution in [0, 0.1) is 6.92 Å². The Hall–Kier alpha value is -0.840. The largest absolute Gasteiger partial charge is 0.496 e. The van der Waals surface area contributed by atoms with Crippen LogP contribution in [0.2, 0.25) is 0 Å². The lowest BCUT2D eigenvalue weighted by Gasteiger charge is -2.19. The van der Waals surface area contributed by atoms with E-state index in [1.807, 2.05) is 6.07 Å². The molecule has 20 heavy (non-hydrogen) atoms. The molecule has 0 bridgehead atoms. The summed E-state index contributed by atoms with van der Waals surface area (Å²) in [5.74, 6) is 0.875. The van der Waals surface area contributed by atoms with Crippen molar-refractivity contribution >= 4 is 27.3 Å². The summed E-state index contributed by atoms with van der Waals surface area (Å²) in [5, 5.41) is 8.05. The molecule has 0 amide bonds. The van der Waals surface area contributed by atoms with E-state index in [1.165, 1.54) is 16.7 Å². The molecule has 2 rings (SSSR count). The average molecular weight is 354 g/mol. The third-order valence-corrected chi connectivity index (χ3v) is 4.88. The number of ether oxygens (including phenoxy) is 1. The van der Waals surface area contributed by atoms with Crippen LogP contribution in [0.3, 0.4) is 0 Å². The number of thiophene rings is 1. The van der Waals surface area contributed by atoms with Gasteiger partial charge in [-0.25, -0.2) is 0 Å². The molecule has 1 heterocycles. The van der Waals surface area contributed by atoms with E-state index in [4.69, 9.17) is 4.74 Å². The monoisotopic (exact) mass is 353 g/mol. The molecule has 0 radical (unpaired) electrons. The van der Waals surface area contributed by atoms with E-state index < -0.39 is 0 Å². The standard InChI is InChI=1S/C16H20BrNOS/c1-4-18-15(13-10-20-9-11(13)2)8-12-5-6-16(19-3)14(17)7-12/h5-7,9-10,15,18H,4,8H2,1-3H3. The van der Waals surface area contributed by atoms with Gasteiger partial charge in [-0.15, -0.1) is 0 Å². The van der Waals surface area contributed by atoms with Gasteiger partial charge in [0.25, 0.3) is 0 Å². The van der Waals surface area contributed by atoms with Crippen molar-refractivity contribution in [3.8, 4) is 5.75 Å². The minimum Gasteiger partial charge on any atom is -0.496 e. The number of likely N-dealkylation sites (N-methyl/N-ethyl adjacent to an activating group) is 1. The minimum absolute atomic E-state index is 0.367. The highest BCUT2D eigenvalue weighted by Gasteiger charge is 2.15. The highest BCUT2D eigenvalue weighted by Crippen LogP contribution is 2.29. The molecule has 0 saturated carbocycles. The number of hydrogen-bond donors (Lipinski definition) is 1. The van der Waals surface area contributed by atoms with Crippen LogP contribution in [0.25, 0.3) is 0 Å². The van der Waals surface area contributed by atoms with Crippen LogP contribution >= 0.6 is 27.3 Å². The number of nitrogens with one attached hydrogen (secondary N) is 1. The van der Waals surface area contributed by atoms with Gasteiger partial charge < -0.3 is 10.1 Å². The van der Waals surface area contributed by atoms with E-state index >= 15 is 0 Å². The minimum atomic E-state index is 0.367. The molecular formula is C16H20BrNOS. The first-order valence-electron chi connectivity index (χ1n) is 6.74. The fraction of sp³-hybridized carbons (Fsp3) is 0.375. The van der Waals surface area contributed by atoms with Crippen LogP contribution in [-0.2, 0) is 6.42 Å². The molecule has 1 unspecified atom stereocenters. The fourth-order valence-electron chi connectivity index (χ4n) is 2.34. The smallest absolute Gasteiger partial charge is 0.133 e. The molecule has 1 aromatic carbocycles. The van der Waals surface area contributed by atoms with E-state index in [-0.39, 0.29) is 0 Å². The number of aryl methyl sites for hydroxylation is 1. The van der Waals surface area contributed by atoms with Gasteiger partial charge in [0.1, 0.15) is 5.75 Å². The summed E-state index contributed by atoms with van der Waals surface area (Å²) in [6, 6.07) is 6.66. The van der Waals surface area contributed by atoms with Crippen LogP contribution < -0.4 is 10.1 Å². The number of halogens is 1. The fourth-order valence-corrected chi connectivity index (χ4v) is 3.83. The molecule has 1 N–H and O–H groups in total. The third-order valence-electron chi connectivity index (χ3n) is 3.38. The first kappa shape index (κ1) is 15.5. The summed E-state index contributed by atoms with van der Waals surface area (Å²) in [4.78, 5) is 0. The Morgan fingerprint density at radius 2 is 2.15 bits per heavy atom. The Labute approximate surface area is 133 Å². The molecule has 0 spiro atoms. The number of benzene rings is 1. The van der Waals surface area contributed by atoms with Crippen molar-refractivity contribution in [2.75, 3.05) is 13.7 Å². The first-order valence-corrected chi connectivity index (χ1v) is 8.47. The zero-order valence-corrected chi connectivity index (χ0v) is 14.5. The van der Waals surface area contributed by atoms with Gasteiger partial charge in [-0.3, -0.25) is 0 Å². The van der Waals surface area contributed by atoms with Crippen molar-refractivity contribution in [1.82, 2.24) is 5.32 Å². The van der Waals surface area contributed by atoms with Crippen LogP contribution in [0.1, 0.15) is 29.7 Å². The normalized spacial score (nSPS) is 12.4. The van der Waals surface area contributed by atoms with Gasteiger partial charge in [-0.1, -0.05) is 13.0 Å². The van der Waals surface area contributed by atoms with E-state index in [1.54, 1.807) is 18.4 Å². The van der Waals surface area contributed by atoms with Crippen molar-refractivity contribution in [2.24, 2.45) is 0 Å². The lowest BCUT2D eigenvalue weighted by atomic mass is 9.98. The quantitative estimate of drug-likeness (QED) is 0.810.